The molecule has 2 saturated carbocycles. The van der Waals surface area contributed by atoms with Crippen LogP contribution in [0.15, 0.2) is 48.7 Å². The minimum absolute atomic E-state index is 0.108. The number of hydrogen-bond acceptors (Lipinski definition) is 3. The number of carbonyl (C=O) groups excluding carboxylic acids is 1. The van der Waals surface area contributed by atoms with Crippen molar-refractivity contribution in [2.45, 2.75) is 31.8 Å². The molecule has 1 saturated heterocycles. The zero-order chi connectivity index (χ0) is 20.2. The Labute approximate surface area is 175 Å². The molecule has 1 aromatic heterocycles. The van der Waals surface area contributed by atoms with Gasteiger partial charge in [-0.25, -0.2) is 0 Å². The summed E-state index contributed by atoms with van der Waals surface area (Å²) in [6.07, 6.45) is 4.21. The largest absolute Gasteiger partial charge is 0.490 e. The fourth-order valence-electron chi connectivity index (χ4n) is 5.09. The van der Waals surface area contributed by atoms with Gasteiger partial charge in [-0.15, -0.1) is 0 Å². The van der Waals surface area contributed by atoms with E-state index in [2.05, 4.69) is 41.5 Å². The lowest BCUT2D eigenvalue weighted by Gasteiger charge is -2.35. The molecule has 1 aliphatic heterocycles. The summed E-state index contributed by atoms with van der Waals surface area (Å²) in [5.74, 6) is 2.49. The van der Waals surface area contributed by atoms with E-state index < -0.39 is 0 Å². The van der Waals surface area contributed by atoms with Gasteiger partial charge in [-0.2, -0.15) is 0 Å². The molecule has 2 unspecified atom stereocenters. The van der Waals surface area contributed by atoms with Crippen molar-refractivity contribution in [1.29, 1.82) is 0 Å². The number of fused-ring (bicyclic) bond motifs is 2. The zero-order valence-corrected chi connectivity index (χ0v) is 17.1. The number of hydrogen-bond donors (Lipinski definition) is 2. The van der Waals surface area contributed by atoms with Crippen LogP contribution in [0.4, 0.5) is 5.69 Å². The lowest BCUT2D eigenvalue weighted by molar-refractivity contribution is -0.118. The minimum Gasteiger partial charge on any atom is -0.490 e. The Balaban J connectivity index is 1.11. The molecule has 1 amide bonds. The van der Waals surface area contributed by atoms with Crippen LogP contribution in [-0.2, 0) is 9.53 Å². The van der Waals surface area contributed by atoms with Crippen molar-refractivity contribution >= 4 is 22.5 Å². The van der Waals surface area contributed by atoms with E-state index in [4.69, 9.17) is 9.47 Å². The maximum Gasteiger partial charge on any atom is 0.228 e. The van der Waals surface area contributed by atoms with Gasteiger partial charge >= 0.3 is 0 Å². The zero-order valence-electron chi connectivity index (χ0n) is 17.1. The Morgan fingerprint density at radius 1 is 1.10 bits per heavy atom. The van der Waals surface area contributed by atoms with Gasteiger partial charge < -0.3 is 19.8 Å². The fourth-order valence-corrected chi connectivity index (χ4v) is 5.09. The summed E-state index contributed by atoms with van der Waals surface area (Å²) in [6, 6.07) is 14.9. The second-order valence-electron chi connectivity index (χ2n) is 9.11. The normalized spacial score (nSPS) is 29.3. The van der Waals surface area contributed by atoms with Gasteiger partial charge in [-0.1, -0.05) is 29.8 Å². The van der Waals surface area contributed by atoms with Crippen LogP contribution in [0.3, 0.4) is 0 Å². The Kier molecular flexibility index (Phi) is 4.13. The van der Waals surface area contributed by atoms with Gasteiger partial charge in [0.15, 0.2) is 0 Å². The molecule has 2 aliphatic carbocycles. The highest BCUT2D eigenvalue weighted by molar-refractivity contribution is 6.03. The molecule has 5 heteroatoms. The molecule has 2 N–H and O–H groups in total. The molecule has 2 aromatic carbocycles. The first-order valence-corrected chi connectivity index (χ1v) is 10.9. The summed E-state index contributed by atoms with van der Waals surface area (Å²) >= 11 is 0. The first kappa shape index (κ1) is 18.0. The number of nitrogens with one attached hydrogen (secondary N) is 2. The molecule has 0 spiro atoms. The van der Waals surface area contributed by atoms with Crippen molar-refractivity contribution in [3.63, 3.8) is 0 Å². The summed E-state index contributed by atoms with van der Waals surface area (Å²) in [4.78, 5) is 15.9. The molecule has 30 heavy (non-hydrogen) atoms. The van der Waals surface area contributed by atoms with Crippen molar-refractivity contribution in [1.82, 2.24) is 4.98 Å². The Morgan fingerprint density at radius 2 is 1.87 bits per heavy atom. The van der Waals surface area contributed by atoms with E-state index in [0.717, 1.165) is 48.4 Å². The molecular formula is C25H26N2O3. The number of rotatable bonds is 5. The maximum atomic E-state index is 12.6. The number of anilines is 1. The van der Waals surface area contributed by atoms with E-state index in [1.54, 1.807) is 0 Å². The predicted octanol–water partition coefficient (Wildman–Crippen LogP) is 4.63. The van der Waals surface area contributed by atoms with E-state index in [1.165, 1.54) is 11.1 Å². The number of aryl methyl sites for hydroxylation is 1. The topological polar surface area (TPSA) is 63.3 Å². The molecule has 0 radical (unpaired) electrons. The third-order valence-corrected chi connectivity index (χ3v) is 7.11. The van der Waals surface area contributed by atoms with Gasteiger partial charge in [0.25, 0.3) is 0 Å². The molecule has 0 bridgehead atoms. The summed E-state index contributed by atoms with van der Waals surface area (Å²) in [7, 11) is 0. The van der Waals surface area contributed by atoms with E-state index in [-0.39, 0.29) is 17.9 Å². The highest BCUT2D eigenvalue weighted by Crippen LogP contribution is 2.51. The number of H-pyrrole nitrogens is 1. The molecule has 3 fully saturated rings. The summed E-state index contributed by atoms with van der Waals surface area (Å²) in [6.45, 7) is 3.56. The average molecular weight is 402 g/mol. The Hall–Kier alpha value is -2.79. The SMILES string of the molecule is Cc1ccc(C2CC(Oc3ccc4[nH]cc(NC(=O)C5C6COCC65)c4c3)C2)cc1. The highest BCUT2D eigenvalue weighted by Gasteiger charge is 2.58. The van der Waals surface area contributed by atoms with Gasteiger partial charge in [0.05, 0.1) is 25.0 Å². The standard InChI is InChI=1S/C25H26N2O3/c1-14-2-4-15(5-3-14)16-8-18(9-16)30-17-6-7-22-19(10-17)23(11-26-22)27-25(28)24-20-12-29-13-21(20)24/h2-7,10-11,16,18,20-21,24,26H,8-9,12-13H2,1H3,(H,27,28). The van der Waals surface area contributed by atoms with Crippen molar-refractivity contribution in [3.8, 4) is 5.75 Å². The van der Waals surface area contributed by atoms with E-state index in [9.17, 15) is 4.79 Å². The first-order chi connectivity index (χ1) is 14.7. The third-order valence-electron chi connectivity index (χ3n) is 7.11. The Morgan fingerprint density at radius 3 is 2.63 bits per heavy atom. The van der Waals surface area contributed by atoms with Crippen molar-refractivity contribution < 1.29 is 14.3 Å². The van der Waals surface area contributed by atoms with Crippen LogP contribution in [0.2, 0.25) is 0 Å². The van der Waals surface area contributed by atoms with E-state index >= 15 is 0 Å². The molecule has 5 nitrogen and oxygen atoms in total. The summed E-state index contributed by atoms with van der Waals surface area (Å²) in [5, 5.41) is 4.11. The van der Waals surface area contributed by atoms with Crippen LogP contribution in [0.5, 0.6) is 5.75 Å². The molecule has 154 valence electrons. The van der Waals surface area contributed by atoms with Crippen molar-refractivity contribution in [2.75, 3.05) is 18.5 Å². The molecule has 2 heterocycles. The number of aromatic amines is 1. The monoisotopic (exact) mass is 402 g/mol. The van der Waals surface area contributed by atoms with Crippen molar-refractivity contribution in [3.05, 3.63) is 59.8 Å². The van der Waals surface area contributed by atoms with Gasteiger partial charge in [0, 0.05) is 23.0 Å². The third kappa shape index (κ3) is 3.08. The summed E-state index contributed by atoms with van der Waals surface area (Å²) < 4.78 is 11.6. The van der Waals surface area contributed by atoms with E-state index in [1.807, 2.05) is 24.4 Å². The number of carbonyl (C=O) groups is 1. The predicted molar refractivity (Wildman–Crippen MR) is 116 cm³/mol. The van der Waals surface area contributed by atoms with Crippen molar-refractivity contribution in [2.24, 2.45) is 17.8 Å². The quantitative estimate of drug-likeness (QED) is 0.654. The number of amides is 1. The average Bonchev–Trinajstić information content (AvgIpc) is 3.03. The Bertz CT molecular complexity index is 1090. The number of ether oxygens (including phenoxy) is 2. The van der Waals surface area contributed by atoms with Crippen LogP contribution in [0.25, 0.3) is 10.9 Å². The molecular weight excluding hydrogens is 376 g/mol. The maximum absolute atomic E-state index is 12.6. The highest BCUT2D eigenvalue weighted by atomic mass is 16.5. The van der Waals surface area contributed by atoms with Crippen LogP contribution in [0, 0.1) is 24.7 Å². The van der Waals surface area contributed by atoms with Gasteiger partial charge in [0.1, 0.15) is 5.75 Å². The lowest BCUT2D eigenvalue weighted by Crippen LogP contribution is -2.32. The van der Waals surface area contributed by atoms with Gasteiger partial charge in [-0.3, -0.25) is 4.79 Å². The van der Waals surface area contributed by atoms with Crippen LogP contribution in [-0.4, -0.2) is 30.2 Å². The second kappa shape index (κ2) is 6.88. The molecule has 3 aliphatic rings. The lowest BCUT2D eigenvalue weighted by atomic mass is 9.77. The smallest absolute Gasteiger partial charge is 0.228 e. The van der Waals surface area contributed by atoms with Gasteiger partial charge in [0.2, 0.25) is 5.91 Å². The minimum atomic E-state index is 0.108. The van der Waals surface area contributed by atoms with Crippen LogP contribution < -0.4 is 10.1 Å². The molecule has 3 aromatic rings. The number of benzene rings is 2. The number of aromatic nitrogens is 1. The van der Waals surface area contributed by atoms with Crippen LogP contribution >= 0.6 is 0 Å². The fraction of sp³-hybridized carbons (Fsp3) is 0.400. The van der Waals surface area contributed by atoms with E-state index in [0.29, 0.717) is 17.8 Å². The first-order valence-electron chi connectivity index (χ1n) is 10.9. The molecule has 2 atom stereocenters. The van der Waals surface area contributed by atoms with Crippen LogP contribution in [0.1, 0.15) is 29.9 Å². The van der Waals surface area contributed by atoms with Gasteiger partial charge in [-0.05, 0) is 61.3 Å². The second-order valence-corrected chi connectivity index (χ2v) is 9.11. The summed E-state index contributed by atoms with van der Waals surface area (Å²) in [5.41, 5.74) is 4.54. The molecule has 6 rings (SSSR count).